The third-order valence-corrected chi connectivity index (χ3v) is 3.24. The maximum atomic E-state index is 12.0. The van der Waals surface area contributed by atoms with Crippen molar-refractivity contribution in [2.75, 3.05) is 0 Å². The fourth-order valence-corrected chi connectivity index (χ4v) is 1.97. The van der Waals surface area contributed by atoms with Crippen molar-refractivity contribution in [3.8, 4) is 6.07 Å². The first kappa shape index (κ1) is 14.8. The number of rotatable bonds is 4. The van der Waals surface area contributed by atoms with Crippen LogP contribution in [0.5, 0.6) is 0 Å². The van der Waals surface area contributed by atoms with E-state index >= 15 is 0 Å². The molecule has 0 spiro atoms. The predicted molar refractivity (Wildman–Crippen MR) is 80.8 cm³/mol. The molecule has 0 fully saturated rings. The van der Waals surface area contributed by atoms with E-state index in [-0.39, 0.29) is 12.6 Å². The fraction of sp³-hybridized carbons (Fsp3) is 0.222. The van der Waals surface area contributed by atoms with Crippen LogP contribution in [-0.4, -0.2) is 5.97 Å². The summed E-state index contributed by atoms with van der Waals surface area (Å²) in [4.78, 5) is 12.0. The number of carbonyl (C=O) groups is 1. The highest BCUT2D eigenvalue weighted by Crippen LogP contribution is 2.15. The van der Waals surface area contributed by atoms with Gasteiger partial charge in [-0.3, -0.25) is 0 Å². The number of carbonyl (C=O) groups excluding carboxylic acids is 1. The van der Waals surface area contributed by atoms with Crippen LogP contribution >= 0.6 is 0 Å². The number of benzene rings is 2. The lowest BCUT2D eigenvalue weighted by atomic mass is 10.0. The molecule has 0 saturated heterocycles. The summed E-state index contributed by atoms with van der Waals surface area (Å²) >= 11 is 0. The highest BCUT2D eigenvalue weighted by atomic mass is 16.5. The van der Waals surface area contributed by atoms with Gasteiger partial charge in [0.05, 0.1) is 17.2 Å². The molecule has 0 unspecified atom stereocenters. The molecular formula is C18H17NO2. The van der Waals surface area contributed by atoms with Crippen LogP contribution in [0, 0.1) is 11.3 Å². The van der Waals surface area contributed by atoms with Gasteiger partial charge in [-0.25, -0.2) is 4.79 Å². The second-order valence-electron chi connectivity index (χ2n) is 5.17. The molecule has 0 atom stereocenters. The van der Waals surface area contributed by atoms with Crippen molar-refractivity contribution in [1.29, 1.82) is 5.26 Å². The van der Waals surface area contributed by atoms with E-state index in [4.69, 9.17) is 10.00 Å². The van der Waals surface area contributed by atoms with Crippen LogP contribution in [0.1, 0.15) is 46.8 Å². The summed E-state index contributed by atoms with van der Waals surface area (Å²) in [5.74, 6) is 0.0801. The highest BCUT2D eigenvalue weighted by molar-refractivity contribution is 5.89. The van der Waals surface area contributed by atoms with Gasteiger partial charge in [0.1, 0.15) is 6.61 Å². The van der Waals surface area contributed by atoms with Crippen molar-refractivity contribution in [3.05, 3.63) is 70.8 Å². The minimum atomic E-state index is -0.354. The number of nitrogens with zero attached hydrogens (tertiary/aromatic N) is 1. The first-order valence-electron chi connectivity index (χ1n) is 6.86. The van der Waals surface area contributed by atoms with Gasteiger partial charge in [-0.2, -0.15) is 5.26 Å². The van der Waals surface area contributed by atoms with E-state index in [9.17, 15) is 4.79 Å². The molecule has 2 aromatic carbocycles. The smallest absolute Gasteiger partial charge is 0.338 e. The van der Waals surface area contributed by atoms with E-state index in [2.05, 4.69) is 19.9 Å². The summed E-state index contributed by atoms with van der Waals surface area (Å²) in [5.41, 5.74) is 3.09. The Morgan fingerprint density at radius 2 is 1.90 bits per heavy atom. The predicted octanol–water partition coefficient (Wildman–Crippen LogP) is 4.04. The Labute approximate surface area is 124 Å². The minimum absolute atomic E-state index is 0.167. The third-order valence-electron chi connectivity index (χ3n) is 3.24. The zero-order chi connectivity index (χ0) is 15.2. The van der Waals surface area contributed by atoms with Crippen molar-refractivity contribution in [3.63, 3.8) is 0 Å². The number of nitriles is 1. The zero-order valence-electron chi connectivity index (χ0n) is 12.2. The lowest BCUT2D eigenvalue weighted by Gasteiger charge is -2.08. The van der Waals surface area contributed by atoms with Crippen LogP contribution in [0.3, 0.4) is 0 Å². The Balaban J connectivity index is 1.99. The molecule has 106 valence electrons. The van der Waals surface area contributed by atoms with Gasteiger partial charge < -0.3 is 4.74 Å². The van der Waals surface area contributed by atoms with E-state index in [1.54, 1.807) is 30.3 Å². The lowest BCUT2D eigenvalue weighted by Crippen LogP contribution is -2.05. The summed E-state index contributed by atoms with van der Waals surface area (Å²) in [7, 11) is 0. The van der Waals surface area contributed by atoms with Gasteiger partial charge in [-0.1, -0.05) is 38.1 Å². The maximum absolute atomic E-state index is 12.0. The highest BCUT2D eigenvalue weighted by Gasteiger charge is 2.08. The molecule has 0 amide bonds. The Hall–Kier alpha value is -2.60. The van der Waals surface area contributed by atoms with Gasteiger partial charge in [0.15, 0.2) is 0 Å². The van der Waals surface area contributed by atoms with Crippen LogP contribution in [0.15, 0.2) is 48.5 Å². The minimum Gasteiger partial charge on any atom is -0.457 e. The molecule has 2 aromatic rings. The van der Waals surface area contributed by atoms with Crippen LogP contribution in [0.25, 0.3) is 0 Å². The van der Waals surface area contributed by atoms with E-state index < -0.39 is 0 Å². The Morgan fingerprint density at radius 1 is 1.19 bits per heavy atom. The van der Waals surface area contributed by atoms with Gasteiger partial charge in [0, 0.05) is 0 Å². The summed E-state index contributed by atoms with van der Waals surface area (Å²) in [5, 5.41) is 8.83. The average molecular weight is 279 g/mol. The largest absolute Gasteiger partial charge is 0.457 e. The van der Waals surface area contributed by atoms with Crippen molar-refractivity contribution in [2.24, 2.45) is 0 Å². The molecule has 21 heavy (non-hydrogen) atoms. The molecule has 3 heteroatoms. The van der Waals surface area contributed by atoms with Crippen molar-refractivity contribution in [1.82, 2.24) is 0 Å². The Kier molecular flexibility index (Phi) is 4.73. The van der Waals surface area contributed by atoms with Crippen LogP contribution in [0.4, 0.5) is 0 Å². The second-order valence-corrected chi connectivity index (χ2v) is 5.17. The zero-order valence-corrected chi connectivity index (χ0v) is 12.2. The standard InChI is InChI=1S/C18H17NO2/c1-13(2)16-6-8-17(9-7-16)18(20)21-12-15-5-3-4-14(10-15)11-19/h3-10,13H,12H2,1-2H3. The normalized spacial score (nSPS) is 10.2. The number of hydrogen-bond donors (Lipinski definition) is 0. The molecule has 0 heterocycles. The Bertz CT molecular complexity index is 666. The number of esters is 1. The number of hydrogen-bond acceptors (Lipinski definition) is 3. The van der Waals surface area contributed by atoms with Gasteiger partial charge >= 0.3 is 5.97 Å². The SMILES string of the molecule is CC(C)c1ccc(C(=O)OCc2cccc(C#N)c2)cc1. The maximum Gasteiger partial charge on any atom is 0.338 e. The molecule has 0 aromatic heterocycles. The average Bonchev–Trinajstić information content (AvgIpc) is 2.53. The topological polar surface area (TPSA) is 50.1 Å². The van der Waals surface area contributed by atoms with Gasteiger partial charge in [-0.05, 0) is 41.3 Å². The van der Waals surface area contributed by atoms with Gasteiger partial charge in [0.25, 0.3) is 0 Å². The first-order chi connectivity index (χ1) is 10.1. The van der Waals surface area contributed by atoms with Gasteiger partial charge in [-0.15, -0.1) is 0 Å². The summed E-state index contributed by atoms with van der Waals surface area (Å²) in [6, 6.07) is 16.6. The first-order valence-corrected chi connectivity index (χ1v) is 6.86. The Morgan fingerprint density at radius 3 is 2.52 bits per heavy atom. The molecule has 0 bridgehead atoms. The van der Waals surface area contributed by atoms with E-state index in [1.165, 1.54) is 5.56 Å². The van der Waals surface area contributed by atoms with E-state index in [0.717, 1.165) is 5.56 Å². The molecule has 2 rings (SSSR count). The van der Waals surface area contributed by atoms with Crippen LogP contribution in [0.2, 0.25) is 0 Å². The summed E-state index contributed by atoms with van der Waals surface area (Å²) < 4.78 is 5.27. The van der Waals surface area contributed by atoms with E-state index in [0.29, 0.717) is 17.0 Å². The van der Waals surface area contributed by atoms with Gasteiger partial charge in [0.2, 0.25) is 0 Å². The molecule has 0 aliphatic heterocycles. The monoisotopic (exact) mass is 279 g/mol. The molecule has 0 saturated carbocycles. The molecular weight excluding hydrogens is 262 g/mol. The third kappa shape index (κ3) is 3.93. The van der Waals surface area contributed by atoms with Crippen LogP contribution < -0.4 is 0 Å². The molecule has 0 aliphatic carbocycles. The van der Waals surface area contributed by atoms with Crippen molar-refractivity contribution < 1.29 is 9.53 Å². The summed E-state index contributed by atoms with van der Waals surface area (Å²) in [6.45, 7) is 4.38. The molecule has 0 N–H and O–H groups in total. The fourth-order valence-electron chi connectivity index (χ4n) is 1.97. The molecule has 0 aliphatic rings. The van der Waals surface area contributed by atoms with Crippen molar-refractivity contribution >= 4 is 5.97 Å². The van der Waals surface area contributed by atoms with E-state index in [1.807, 2.05) is 18.2 Å². The van der Waals surface area contributed by atoms with Crippen LogP contribution in [-0.2, 0) is 11.3 Å². The second kappa shape index (κ2) is 6.71. The molecule has 3 nitrogen and oxygen atoms in total. The molecule has 0 radical (unpaired) electrons. The quantitative estimate of drug-likeness (QED) is 0.794. The van der Waals surface area contributed by atoms with Crippen molar-refractivity contribution in [2.45, 2.75) is 26.4 Å². The summed E-state index contributed by atoms with van der Waals surface area (Å²) in [6.07, 6.45) is 0. The lowest BCUT2D eigenvalue weighted by molar-refractivity contribution is 0.0472. The number of ether oxygens (including phenoxy) is 1.